The van der Waals surface area contributed by atoms with E-state index in [1.165, 1.54) is 17.0 Å². The Morgan fingerprint density at radius 2 is 1.92 bits per heavy atom. The zero-order valence-electron chi connectivity index (χ0n) is 14.9. The summed E-state index contributed by atoms with van der Waals surface area (Å²) in [4.78, 5) is 17.6. The van der Waals surface area contributed by atoms with Crippen LogP contribution in [0, 0.1) is 0 Å². The number of imidazole rings is 1. The van der Waals surface area contributed by atoms with Gasteiger partial charge in [0.25, 0.3) is 5.91 Å². The maximum absolute atomic E-state index is 13.2. The highest BCUT2D eigenvalue weighted by Gasteiger charge is 2.38. The minimum absolute atomic E-state index is 0. The highest BCUT2D eigenvalue weighted by molar-refractivity contribution is 5.97. The lowest BCUT2D eigenvalue weighted by atomic mass is 10.1. The van der Waals surface area contributed by atoms with Crippen molar-refractivity contribution in [3.05, 3.63) is 29.6 Å². The minimum atomic E-state index is -4.54. The Morgan fingerprint density at radius 3 is 2.42 bits per heavy atom. The molecule has 0 aliphatic heterocycles. The molecule has 2 aromatic rings. The van der Waals surface area contributed by atoms with Crippen molar-refractivity contribution in [3.8, 4) is 0 Å². The van der Waals surface area contributed by atoms with Crippen LogP contribution in [0.25, 0.3) is 11.0 Å². The van der Waals surface area contributed by atoms with Gasteiger partial charge in [0.2, 0.25) is 5.82 Å². The molecule has 5 nitrogen and oxygen atoms in total. The lowest BCUT2D eigenvalue weighted by molar-refractivity contribution is -0.147. The van der Waals surface area contributed by atoms with Crippen molar-refractivity contribution in [2.45, 2.75) is 26.1 Å². The van der Waals surface area contributed by atoms with Gasteiger partial charge in [-0.05, 0) is 39.1 Å². The number of amides is 1. The van der Waals surface area contributed by atoms with Gasteiger partial charge in [0.15, 0.2) is 0 Å². The summed E-state index contributed by atoms with van der Waals surface area (Å²) in [7, 11) is 3.43. The smallest absolute Gasteiger partial charge is 0.340 e. The Bertz CT molecular complexity index is 747. The summed E-state index contributed by atoms with van der Waals surface area (Å²) >= 11 is 0. The van der Waals surface area contributed by atoms with Crippen LogP contribution in [-0.4, -0.2) is 47.5 Å². The first kappa shape index (κ1) is 24.5. The number of aromatic nitrogens is 2. The Kier molecular flexibility index (Phi) is 8.89. The predicted molar refractivity (Wildman–Crippen MR) is 101 cm³/mol. The number of alkyl halides is 3. The van der Waals surface area contributed by atoms with E-state index in [0.29, 0.717) is 24.2 Å². The molecule has 26 heavy (non-hydrogen) atoms. The topological polar surface area (TPSA) is 50.2 Å². The summed E-state index contributed by atoms with van der Waals surface area (Å²) < 4.78 is 40.8. The molecule has 0 bridgehead atoms. The summed E-state index contributed by atoms with van der Waals surface area (Å²) in [6.07, 6.45) is -4.54. The number of hydrogen-bond donors (Lipinski definition) is 1. The summed E-state index contributed by atoms with van der Waals surface area (Å²) in [6, 6.07) is 4.09. The molecule has 0 saturated carbocycles. The molecule has 0 atom stereocenters. The molecule has 2 rings (SSSR count). The highest BCUT2D eigenvalue weighted by Crippen LogP contribution is 2.34. The molecule has 1 heterocycles. The lowest BCUT2D eigenvalue weighted by Gasteiger charge is -2.17. The van der Waals surface area contributed by atoms with Crippen molar-refractivity contribution in [2.75, 3.05) is 27.2 Å². The standard InChI is InChI=1S/C16H21F3N4O.2ClH/c1-10(2)23-13-6-5-11(14(24)22(4)8-7-20-3)9-12(13)21-15(23)16(17,18)19;;/h5-6,9-10,20H,7-8H2,1-4H3;2*1H. The van der Waals surface area contributed by atoms with E-state index in [1.807, 2.05) is 0 Å². The van der Waals surface area contributed by atoms with E-state index in [1.54, 1.807) is 34.0 Å². The second-order valence-electron chi connectivity index (χ2n) is 5.93. The molecule has 1 amide bonds. The Labute approximate surface area is 162 Å². The van der Waals surface area contributed by atoms with E-state index in [9.17, 15) is 18.0 Å². The van der Waals surface area contributed by atoms with E-state index in [2.05, 4.69) is 10.3 Å². The van der Waals surface area contributed by atoms with Crippen LogP contribution < -0.4 is 5.32 Å². The first-order valence-corrected chi connectivity index (χ1v) is 7.66. The SMILES string of the molecule is CNCCN(C)C(=O)c1ccc2c(c1)nc(C(F)(F)F)n2C(C)C.Cl.Cl. The van der Waals surface area contributed by atoms with Crippen LogP contribution in [0.4, 0.5) is 13.2 Å². The molecule has 0 saturated heterocycles. The summed E-state index contributed by atoms with van der Waals surface area (Å²) in [6.45, 7) is 4.47. The fraction of sp³-hybridized carbons (Fsp3) is 0.500. The van der Waals surface area contributed by atoms with E-state index in [0.717, 1.165) is 4.57 Å². The maximum atomic E-state index is 13.2. The minimum Gasteiger partial charge on any atom is -0.340 e. The average molecular weight is 415 g/mol. The number of halogens is 5. The quantitative estimate of drug-likeness (QED) is 0.809. The number of nitrogens with zero attached hydrogens (tertiary/aromatic N) is 3. The fourth-order valence-corrected chi connectivity index (χ4v) is 2.56. The molecule has 1 aromatic heterocycles. The third kappa shape index (κ3) is 5.02. The number of likely N-dealkylation sites (N-methyl/N-ethyl adjacent to an activating group) is 2. The van der Waals surface area contributed by atoms with E-state index < -0.39 is 18.0 Å². The van der Waals surface area contributed by atoms with E-state index >= 15 is 0 Å². The van der Waals surface area contributed by atoms with Crippen molar-refractivity contribution in [1.82, 2.24) is 19.8 Å². The number of nitrogens with one attached hydrogen (secondary N) is 1. The molecule has 10 heteroatoms. The summed E-state index contributed by atoms with van der Waals surface area (Å²) in [5.41, 5.74) is 0.860. The van der Waals surface area contributed by atoms with Gasteiger partial charge >= 0.3 is 6.18 Å². The first-order valence-electron chi connectivity index (χ1n) is 7.66. The number of benzene rings is 1. The second-order valence-corrected chi connectivity index (χ2v) is 5.93. The van der Waals surface area contributed by atoms with Crippen LogP contribution in [0.5, 0.6) is 0 Å². The number of hydrogen-bond acceptors (Lipinski definition) is 3. The molecule has 1 N–H and O–H groups in total. The Balaban J connectivity index is 0.00000312. The van der Waals surface area contributed by atoms with Gasteiger partial charge in [0.05, 0.1) is 11.0 Å². The monoisotopic (exact) mass is 414 g/mol. The van der Waals surface area contributed by atoms with Gasteiger partial charge in [-0.3, -0.25) is 4.79 Å². The van der Waals surface area contributed by atoms with Gasteiger partial charge in [-0.25, -0.2) is 4.98 Å². The Morgan fingerprint density at radius 1 is 1.31 bits per heavy atom. The molecule has 1 aromatic carbocycles. The molecule has 148 valence electrons. The number of carbonyl (C=O) groups is 1. The zero-order chi connectivity index (χ0) is 18.1. The molecule has 0 aliphatic carbocycles. The normalized spacial score (nSPS) is 11.2. The largest absolute Gasteiger partial charge is 0.449 e. The summed E-state index contributed by atoms with van der Waals surface area (Å²) in [5, 5.41) is 2.94. The molecular weight excluding hydrogens is 392 g/mol. The van der Waals surface area contributed by atoms with Crippen molar-refractivity contribution in [1.29, 1.82) is 0 Å². The number of fused-ring (bicyclic) bond motifs is 1. The summed E-state index contributed by atoms with van der Waals surface area (Å²) in [5.74, 6) is -1.19. The van der Waals surface area contributed by atoms with Gasteiger partial charge in [-0.2, -0.15) is 13.2 Å². The van der Waals surface area contributed by atoms with Gasteiger partial charge in [-0.15, -0.1) is 24.8 Å². The third-order valence-corrected chi connectivity index (χ3v) is 3.75. The van der Waals surface area contributed by atoms with Crippen LogP contribution in [0.1, 0.15) is 36.1 Å². The van der Waals surface area contributed by atoms with Crippen LogP contribution in [0.3, 0.4) is 0 Å². The van der Waals surface area contributed by atoms with Gasteiger partial charge < -0.3 is 14.8 Å². The van der Waals surface area contributed by atoms with Crippen LogP contribution in [0.15, 0.2) is 18.2 Å². The van der Waals surface area contributed by atoms with Gasteiger partial charge in [0.1, 0.15) is 0 Å². The zero-order valence-corrected chi connectivity index (χ0v) is 16.6. The van der Waals surface area contributed by atoms with Gasteiger partial charge in [0, 0.05) is 31.7 Å². The fourth-order valence-electron chi connectivity index (χ4n) is 2.56. The van der Waals surface area contributed by atoms with Gasteiger partial charge in [-0.1, -0.05) is 0 Å². The molecule has 0 aliphatic rings. The number of rotatable bonds is 5. The highest BCUT2D eigenvalue weighted by atomic mass is 35.5. The predicted octanol–water partition coefficient (Wildman–Crippen LogP) is 3.77. The first-order chi connectivity index (χ1) is 11.2. The van der Waals surface area contributed by atoms with E-state index in [4.69, 9.17) is 0 Å². The van der Waals surface area contributed by atoms with Crippen molar-refractivity contribution in [2.24, 2.45) is 0 Å². The van der Waals surface area contributed by atoms with E-state index in [-0.39, 0.29) is 36.2 Å². The Hall–Kier alpha value is -1.51. The lowest BCUT2D eigenvalue weighted by Crippen LogP contribution is -2.32. The number of carbonyl (C=O) groups excluding carboxylic acids is 1. The molecule has 0 unspecified atom stereocenters. The molecule has 0 fully saturated rings. The molecule has 0 spiro atoms. The maximum Gasteiger partial charge on any atom is 0.449 e. The second kappa shape index (κ2) is 9.43. The van der Waals surface area contributed by atoms with Crippen molar-refractivity contribution >= 4 is 41.8 Å². The molecular formula is C16H23Cl2F3N4O. The van der Waals surface area contributed by atoms with Crippen LogP contribution in [0.2, 0.25) is 0 Å². The third-order valence-electron chi connectivity index (χ3n) is 3.75. The molecule has 0 radical (unpaired) electrons. The van der Waals surface area contributed by atoms with Crippen molar-refractivity contribution < 1.29 is 18.0 Å². The van der Waals surface area contributed by atoms with Crippen LogP contribution >= 0.6 is 24.8 Å². The van der Waals surface area contributed by atoms with Crippen molar-refractivity contribution in [3.63, 3.8) is 0 Å². The van der Waals surface area contributed by atoms with Crippen LogP contribution in [-0.2, 0) is 6.18 Å². The average Bonchev–Trinajstić information content (AvgIpc) is 2.90.